The van der Waals surface area contributed by atoms with Gasteiger partial charge in [-0.2, -0.15) is 0 Å². The van der Waals surface area contributed by atoms with E-state index in [-0.39, 0.29) is 11.9 Å². The molecule has 1 aromatic carbocycles. The summed E-state index contributed by atoms with van der Waals surface area (Å²) in [7, 11) is 0. The van der Waals surface area contributed by atoms with E-state index < -0.39 is 0 Å². The number of carbonyl (C=O) groups is 1. The molecule has 0 saturated heterocycles. The molecule has 0 aliphatic heterocycles. The van der Waals surface area contributed by atoms with Gasteiger partial charge in [-0.15, -0.1) is 0 Å². The van der Waals surface area contributed by atoms with Crippen molar-refractivity contribution in [2.24, 2.45) is 0 Å². The first-order valence-electron chi connectivity index (χ1n) is 7.11. The van der Waals surface area contributed by atoms with Crippen LogP contribution in [0.1, 0.15) is 18.9 Å². The third kappa shape index (κ3) is 6.00. The molecular formula is C17H20N2OS. The molecule has 3 nitrogen and oxygen atoms in total. The SMILES string of the molecule is CC(CCc1ccccc1)NC(=O)CSc1ccccn1. The summed E-state index contributed by atoms with van der Waals surface area (Å²) in [5.74, 6) is 0.471. The number of amides is 1. The minimum absolute atomic E-state index is 0.0613. The average molecular weight is 300 g/mol. The Kier molecular flexibility index (Phi) is 6.28. The highest BCUT2D eigenvalue weighted by atomic mass is 32.2. The van der Waals surface area contributed by atoms with Gasteiger partial charge in [0.15, 0.2) is 0 Å². The number of thioether (sulfide) groups is 1. The van der Waals surface area contributed by atoms with E-state index >= 15 is 0 Å². The minimum atomic E-state index is 0.0613. The Hall–Kier alpha value is -1.81. The predicted octanol–water partition coefficient (Wildman–Crippen LogP) is 3.31. The largest absolute Gasteiger partial charge is 0.353 e. The fourth-order valence-corrected chi connectivity index (χ4v) is 2.66. The molecular weight excluding hydrogens is 280 g/mol. The van der Waals surface area contributed by atoms with Crippen molar-refractivity contribution in [3.8, 4) is 0 Å². The van der Waals surface area contributed by atoms with E-state index in [4.69, 9.17) is 0 Å². The van der Waals surface area contributed by atoms with E-state index in [9.17, 15) is 4.79 Å². The third-order valence-corrected chi connectivity index (χ3v) is 4.05. The normalized spacial score (nSPS) is 11.9. The van der Waals surface area contributed by atoms with Crippen LogP contribution in [0.2, 0.25) is 0 Å². The van der Waals surface area contributed by atoms with E-state index in [1.54, 1.807) is 6.20 Å². The van der Waals surface area contributed by atoms with Gasteiger partial charge in [-0.1, -0.05) is 48.2 Å². The Labute approximate surface area is 130 Å². The molecule has 2 aromatic rings. The predicted molar refractivity (Wildman–Crippen MR) is 87.3 cm³/mol. The summed E-state index contributed by atoms with van der Waals surface area (Å²) in [6.07, 6.45) is 3.67. The summed E-state index contributed by atoms with van der Waals surface area (Å²) in [4.78, 5) is 16.1. The lowest BCUT2D eigenvalue weighted by Crippen LogP contribution is -2.34. The average Bonchev–Trinajstić information content (AvgIpc) is 2.53. The first kappa shape index (κ1) is 15.6. The number of pyridine rings is 1. The van der Waals surface area contributed by atoms with Crippen LogP contribution in [0.5, 0.6) is 0 Å². The summed E-state index contributed by atoms with van der Waals surface area (Å²) >= 11 is 1.46. The molecule has 110 valence electrons. The fraction of sp³-hybridized carbons (Fsp3) is 0.294. The fourth-order valence-electron chi connectivity index (χ4n) is 1.99. The van der Waals surface area contributed by atoms with Crippen molar-refractivity contribution < 1.29 is 4.79 Å². The summed E-state index contributed by atoms with van der Waals surface area (Å²) in [6, 6.07) is 16.2. The summed E-state index contributed by atoms with van der Waals surface area (Å²) in [5.41, 5.74) is 1.31. The lowest BCUT2D eigenvalue weighted by atomic mass is 10.1. The molecule has 1 amide bonds. The molecule has 1 heterocycles. The van der Waals surface area contributed by atoms with Gasteiger partial charge >= 0.3 is 0 Å². The highest BCUT2D eigenvalue weighted by Gasteiger charge is 2.08. The molecule has 0 fully saturated rings. The number of hydrogen-bond acceptors (Lipinski definition) is 3. The Bertz CT molecular complexity index is 545. The number of nitrogens with one attached hydrogen (secondary N) is 1. The quantitative estimate of drug-likeness (QED) is 0.798. The molecule has 0 radical (unpaired) electrons. The van der Waals surface area contributed by atoms with E-state index in [0.29, 0.717) is 5.75 Å². The zero-order valence-electron chi connectivity index (χ0n) is 12.2. The molecule has 21 heavy (non-hydrogen) atoms. The van der Waals surface area contributed by atoms with Crippen LogP contribution in [0, 0.1) is 0 Å². The van der Waals surface area contributed by atoms with E-state index in [1.807, 2.05) is 43.3 Å². The van der Waals surface area contributed by atoms with Crippen molar-refractivity contribution in [2.75, 3.05) is 5.75 Å². The van der Waals surface area contributed by atoms with Crippen molar-refractivity contribution in [1.29, 1.82) is 0 Å². The first-order chi connectivity index (χ1) is 10.2. The van der Waals surface area contributed by atoms with Gasteiger partial charge in [0.05, 0.1) is 10.8 Å². The summed E-state index contributed by atoms with van der Waals surface area (Å²) in [5, 5.41) is 3.91. The van der Waals surface area contributed by atoms with Crippen molar-refractivity contribution in [1.82, 2.24) is 10.3 Å². The van der Waals surface area contributed by atoms with Crippen LogP contribution < -0.4 is 5.32 Å². The van der Waals surface area contributed by atoms with Gasteiger partial charge in [-0.3, -0.25) is 4.79 Å². The Morgan fingerprint density at radius 3 is 2.67 bits per heavy atom. The smallest absolute Gasteiger partial charge is 0.230 e. The molecule has 1 atom stereocenters. The maximum atomic E-state index is 11.9. The second kappa shape index (κ2) is 8.47. The van der Waals surface area contributed by atoms with Crippen LogP contribution in [-0.2, 0) is 11.2 Å². The van der Waals surface area contributed by atoms with Crippen molar-refractivity contribution >= 4 is 17.7 Å². The molecule has 0 bridgehead atoms. The van der Waals surface area contributed by atoms with Gasteiger partial charge in [0, 0.05) is 12.2 Å². The van der Waals surface area contributed by atoms with Crippen LogP contribution in [0.3, 0.4) is 0 Å². The van der Waals surface area contributed by atoms with Crippen LogP contribution in [0.4, 0.5) is 0 Å². The van der Waals surface area contributed by atoms with Crippen LogP contribution in [0.15, 0.2) is 59.8 Å². The number of benzene rings is 1. The van der Waals surface area contributed by atoms with Gasteiger partial charge in [-0.25, -0.2) is 4.98 Å². The number of hydrogen-bond donors (Lipinski definition) is 1. The molecule has 4 heteroatoms. The molecule has 1 N–H and O–H groups in total. The lowest BCUT2D eigenvalue weighted by molar-refractivity contribution is -0.119. The van der Waals surface area contributed by atoms with E-state index in [1.165, 1.54) is 17.3 Å². The van der Waals surface area contributed by atoms with Crippen molar-refractivity contribution in [3.05, 3.63) is 60.3 Å². The first-order valence-corrected chi connectivity index (χ1v) is 8.10. The molecule has 0 saturated carbocycles. The highest BCUT2D eigenvalue weighted by Crippen LogP contribution is 2.13. The second-order valence-corrected chi connectivity index (χ2v) is 5.95. The van der Waals surface area contributed by atoms with Crippen molar-refractivity contribution in [3.63, 3.8) is 0 Å². The van der Waals surface area contributed by atoms with Gasteiger partial charge in [0.25, 0.3) is 0 Å². The monoisotopic (exact) mass is 300 g/mol. The Morgan fingerprint density at radius 2 is 1.95 bits per heavy atom. The van der Waals surface area contributed by atoms with Crippen LogP contribution in [-0.4, -0.2) is 22.7 Å². The second-order valence-electron chi connectivity index (χ2n) is 4.95. The van der Waals surface area contributed by atoms with Gasteiger partial charge in [0.1, 0.15) is 0 Å². The zero-order valence-corrected chi connectivity index (χ0v) is 13.0. The molecule has 2 rings (SSSR count). The molecule has 1 aromatic heterocycles. The molecule has 0 aliphatic carbocycles. The standard InChI is InChI=1S/C17H20N2OS/c1-14(10-11-15-7-3-2-4-8-15)19-16(20)13-21-17-9-5-6-12-18-17/h2-9,12,14H,10-11,13H2,1H3,(H,19,20). The molecule has 0 spiro atoms. The summed E-state index contributed by atoms with van der Waals surface area (Å²) in [6.45, 7) is 2.05. The Morgan fingerprint density at radius 1 is 1.19 bits per heavy atom. The number of nitrogens with zero attached hydrogens (tertiary/aromatic N) is 1. The third-order valence-electron chi connectivity index (χ3n) is 3.11. The maximum absolute atomic E-state index is 11.9. The molecule has 0 aliphatic rings. The highest BCUT2D eigenvalue weighted by molar-refractivity contribution is 7.99. The topological polar surface area (TPSA) is 42.0 Å². The maximum Gasteiger partial charge on any atom is 0.230 e. The van der Waals surface area contributed by atoms with E-state index in [2.05, 4.69) is 22.4 Å². The number of aryl methyl sites for hydroxylation is 1. The van der Waals surface area contributed by atoms with Crippen LogP contribution >= 0.6 is 11.8 Å². The van der Waals surface area contributed by atoms with Gasteiger partial charge in [-0.05, 0) is 37.5 Å². The van der Waals surface area contributed by atoms with Crippen LogP contribution in [0.25, 0.3) is 0 Å². The summed E-state index contributed by atoms with van der Waals surface area (Å²) < 4.78 is 0. The van der Waals surface area contributed by atoms with Gasteiger partial charge < -0.3 is 5.32 Å². The lowest BCUT2D eigenvalue weighted by Gasteiger charge is -2.13. The van der Waals surface area contributed by atoms with E-state index in [0.717, 1.165) is 17.9 Å². The molecule has 1 unspecified atom stereocenters. The van der Waals surface area contributed by atoms with Crippen molar-refractivity contribution in [2.45, 2.75) is 30.8 Å². The van der Waals surface area contributed by atoms with Gasteiger partial charge in [0.2, 0.25) is 5.91 Å². The zero-order chi connectivity index (χ0) is 14.9. The number of rotatable bonds is 7. The number of carbonyl (C=O) groups excluding carboxylic acids is 1. The number of aromatic nitrogens is 1. The Balaban J connectivity index is 1.67. The minimum Gasteiger partial charge on any atom is -0.353 e.